The lowest BCUT2D eigenvalue weighted by molar-refractivity contribution is 0.203. The van der Waals surface area contributed by atoms with E-state index >= 15 is 4.39 Å². The number of hydrogen-bond acceptors (Lipinski definition) is 5. The van der Waals surface area contributed by atoms with Crippen molar-refractivity contribution >= 4 is 11.7 Å². The highest BCUT2D eigenvalue weighted by Crippen LogP contribution is 2.37. The number of carbonyl (C=O) groups is 1. The van der Waals surface area contributed by atoms with E-state index in [4.69, 9.17) is 0 Å². The Bertz CT molecular complexity index is 1400. The highest BCUT2D eigenvalue weighted by molar-refractivity contribution is 5.90. The number of nitrogens with one attached hydrogen (secondary N) is 2. The molecule has 8 heteroatoms. The zero-order valence-electron chi connectivity index (χ0n) is 22.7. The number of amides is 2. The van der Waals surface area contributed by atoms with Crippen molar-refractivity contribution < 1.29 is 9.18 Å². The van der Waals surface area contributed by atoms with E-state index in [0.29, 0.717) is 35.7 Å². The molecule has 2 heterocycles. The van der Waals surface area contributed by atoms with Gasteiger partial charge in [0.25, 0.3) is 0 Å². The van der Waals surface area contributed by atoms with Crippen LogP contribution in [0.4, 0.5) is 14.9 Å². The van der Waals surface area contributed by atoms with Crippen LogP contribution < -0.4 is 10.6 Å². The molecule has 1 aliphatic heterocycles. The number of carbonyl (C=O) groups excluding carboxylic acids is 1. The summed E-state index contributed by atoms with van der Waals surface area (Å²) in [6, 6.07) is 17.2. The van der Waals surface area contributed by atoms with Gasteiger partial charge in [-0.15, -0.1) is 0 Å². The minimum Gasteiger partial charge on any atom is -0.327 e. The smallest absolute Gasteiger partial charge is 0.319 e. The van der Waals surface area contributed by atoms with Crippen molar-refractivity contribution in [1.29, 1.82) is 5.26 Å². The molecular formula is C32H35FN6O. The van der Waals surface area contributed by atoms with E-state index in [1.165, 1.54) is 50.4 Å². The minimum atomic E-state index is -0.689. The fourth-order valence-electron chi connectivity index (χ4n) is 6.46. The number of urea groups is 1. The molecule has 40 heavy (non-hydrogen) atoms. The Labute approximate surface area is 234 Å². The highest BCUT2D eigenvalue weighted by Gasteiger charge is 2.37. The van der Waals surface area contributed by atoms with Crippen LogP contribution in [0, 0.1) is 17.1 Å². The Hall–Kier alpha value is -3.83. The van der Waals surface area contributed by atoms with Crippen LogP contribution in [0.2, 0.25) is 0 Å². The number of nitrogens with zero attached hydrogens (tertiary/aromatic N) is 4. The molecule has 3 fully saturated rings. The first kappa shape index (κ1) is 26.4. The lowest BCUT2D eigenvalue weighted by atomic mass is 9.79. The maximum atomic E-state index is 15.2. The average molecular weight is 539 g/mol. The largest absolute Gasteiger partial charge is 0.327 e. The monoisotopic (exact) mass is 538 g/mol. The summed E-state index contributed by atoms with van der Waals surface area (Å²) in [4.78, 5) is 24.0. The third kappa shape index (κ3) is 5.71. The summed E-state index contributed by atoms with van der Waals surface area (Å²) in [5.74, 6) is 0.264. The van der Waals surface area contributed by atoms with Crippen LogP contribution in [0.15, 0.2) is 54.7 Å². The van der Waals surface area contributed by atoms with Crippen LogP contribution in [0.25, 0.3) is 11.1 Å². The molecule has 3 aromatic rings. The lowest BCUT2D eigenvalue weighted by Crippen LogP contribution is -2.49. The van der Waals surface area contributed by atoms with E-state index in [0.717, 1.165) is 30.9 Å². The van der Waals surface area contributed by atoms with Crippen LogP contribution >= 0.6 is 0 Å². The van der Waals surface area contributed by atoms with Gasteiger partial charge in [-0.05, 0) is 92.9 Å². The van der Waals surface area contributed by atoms with Gasteiger partial charge in [-0.1, -0.05) is 43.5 Å². The van der Waals surface area contributed by atoms with E-state index in [9.17, 15) is 10.1 Å². The Balaban J connectivity index is 1.11. The van der Waals surface area contributed by atoms with Gasteiger partial charge in [-0.3, -0.25) is 0 Å². The maximum Gasteiger partial charge on any atom is 0.319 e. The molecule has 0 radical (unpaired) electrons. The van der Waals surface area contributed by atoms with E-state index in [2.05, 4.69) is 37.6 Å². The zero-order chi connectivity index (χ0) is 27.5. The fraction of sp³-hybridized carbons (Fsp3) is 0.438. The predicted molar refractivity (Wildman–Crippen MR) is 152 cm³/mol. The second kappa shape index (κ2) is 11.3. The molecule has 206 valence electrons. The number of aromatic nitrogens is 2. The second-order valence-corrected chi connectivity index (χ2v) is 11.5. The van der Waals surface area contributed by atoms with Gasteiger partial charge < -0.3 is 15.5 Å². The van der Waals surface area contributed by atoms with Crippen molar-refractivity contribution in [1.82, 2.24) is 20.2 Å². The number of piperidine rings is 1. The summed E-state index contributed by atoms with van der Waals surface area (Å²) in [6.45, 7) is 2.35. The summed E-state index contributed by atoms with van der Waals surface area (Å²) < 4.78 is 15.2. The van der Waals surface area contributed by atoms with Crippen LogP contribution in [-0.4, -0.2) is 40.0 Å². The van der Waals surface area contributed by atoms with E-state index in [1.807, 2.05) is 18.2 Å². The van der Waals surface area contributed by atoms with Crippen LogP contribution in [0.3, 0.4) is 0 Å². The molecule has 0 unspecified atom stereocenters. The average Bonchev–Trinajstić information content (AvgIpc) is 3.84. The van der Waals surface area contributed by atoms with E-state index < -0.39 is 11.6 Å². The Morgan fingerprint density at radius 3 is 2.42 bits per heavy atom. The third-order valence-electron chi connectivity index (χ3n) is 8.82. The number of nitriles is 1. The van der Waals surface area contributed by atoms with Crippen LogP contribution in [0.1, 0.15) is 80.8 Å². The van der Waals surface area contributed by atoms with Gasteiger partial charge in [-0.2, -0.15) is 5.26 Å². The molecule has 3 aliphatic rings. The lowest BCUT2D eigenvalue weighted by Gasteiger charge is -2.37. The number of benzene rings is 2. The quantitative estimate of drug-likeness (QED) is 0.375. The van der Waals surface area contributed by atoms with Gasteiger partial charge in [0.15, 0.2) is 0 Å². The van der Waals surface area contributed by atoms with Crippen molar-refractivity contribution in [2.24, 2.45) is 0 Å². The molecule has 1 aromatic heterocycles. The number of anilines is 1. The van der Waals surface area contributed by atoms with Crippen molar-refractivity contribution in [2.75, 3.05) is 18.4 Å². The maximum absolute atomic E-state index is 15.2. The van der Waals surface area contributed by atoms with Crippen LogP contribution in [-0.2, 0) is 5.54 Å². The molecule has 7 nitrogen and oxygen atoms in total. The molecule has 1 saturated heterocycles. The van der Waals surface area contributed by atoms with Gasteiger partial charge in [0.1, 0.15) is 11.9 Å². The topological polar surface area (TPSA) is 93.9 Å². The molecule has 0 bridgehead atoms. The normalized spacial score (nSPS) is 19.5. The van der Waals surface area contributed by atoms with Gasteiger partial charge in [0, 0.05) is 23.5 Å². The Morgan fingerprint density at radius 2 is 1.75 bits per heavy atom. The van der Waals surface area contributed by atoms with Gasteiger partial charge in [0.2, 0.25) is 5.82 Å². The second-order valence-electron chi connectivity index (χ2n) is 11.5. The first-order chi connectivity index (χ1) is 19.5. The molecular weight excluding hydrogens is 503 g/mol. The van der Waals surface area contributed by atoms with Crippen molar-refractivity contribution in [3.8, 4) is 17.2 Å². The third-order valence-corrected chi connectivity index (χ3v) is 8.82. The zero-order valence-corrected chi connectivity index (χ0v) is 22.7. The van der Waals surface area contributed by atoms with Gasteiger partial charge in [-0.25, -0.2) is 19.2 Å². The first-order valence-corrected chi connectivity index (χ1v) is 14.5. The molecule has 0 atom stereocenters. The summed E-state index contributed by atoms with van der Waals surface area (Å²) in [5, 5.41) is 15.1. The summed E-state index contributed by atoms with van der Waals surface area (Å²) in [7, 11) is 0. The van der Waals surface area contributed by atoms with Crippen molar-refractivity contribution in [3.63, 3.8) is 0 Å². The molecule has 2 N–H and O–H groups in total. The Kier molecular flexibility index (Phi) is 7.48. The molecule has 0 spiro atoms. The summed E-state index contributed by atoms with van der Waals surface area (Å²) in [5.41, 5.74) is 2.99. The highest BCUT2D eigenvalue weighted by atomic mass is 19.1. The Morgan fingerprint density at radius 1 is 1.00 bits per heavy atom. The van der Waals surface area contributed by atoms with E-state index in [-0.39, 0.29) is 11.6 Å². The number of halogens is 1. The van der Waals surface area contributed by atoms with Gasteiger partial charge in [0.05, 0.1) is 11.2 Å². The van der Waals surface area contributed by atoms with Gasteiger partial charge >= 0.3 is 6.03 Å². The van der Waals surface area contributed by atoms with E-state index in [1.54, 1.807) is 24.4 Å². The fourth-order valence-corrected chi connectivity index (χ4v) is 6.46. The standard InChI is InChI=1S/C32H35FN6O/c33-28-20-25(36-31(40)38-32(15-2-1-3-16-32)29-12-17-35-30(21-34)37-29)8-11-27(28)24-6-4-22(5-7-24)23-13-18-39(19-14-23)26-9-10-26/h4-8,11-12,17,20,23,26H,1-3,9-10,13-16,18-19H2,(H2,36,38,40). The van der Waals surface area contributed by atoms with Crippen LogP contribution in [0.5, 0.6) is 0 Å². The SMILES string of the molecule is N#Cc1nccc(C2(NC(=O)Nc3ccc(-c4ccc(C5CCN(C6CC6)CC5)cc4)c(F)c3)CCCCC2)n1. The molecule has 2 saturated carbocycles. The minimum absolute atomic E-state index is 0.0781. The van der Waals surface area contributed by atoms with Crippen molar-refractivity contribution in [2.45, 2.75) is 75.3 Å². The summed E-state index contributed by atoms with van der Waals surface area (Å²) >= 11 is 0. The predicted octanol–water partition coefficient (Wildman–Crippen LogP) is 6.48. The summed E-state index contributed by atoms with van der Waals surface area (Å²) in [6.07, 6.45) is 11.0. The molecule has 6 rings (SSSR count). The molecule has 2 aromatic carbocycles. The molecule has 2 aliphatic carbocycles. The number of hydrogen-bond donors (Lipinski definition) is 2. The first-order valence-electron chi connectivity index (χ1n) is 14.5. The number of likely N-dealkylation sites (tertiary alicyclic amines) is 1. The molecule has 2 amide bonds. The van der Waals surface area contributed by atoms with Crippen molar-refractivity contribution in [3.05, 3.63) is 77.6 Å². The number of rotatable bonds is 6.